The lowest BCUT2D eigenvalue weighted by atomic mass is 10.1. The van der Waals surface area contributed by atoms with E-state index in [1.807, 2.05) is 0 Å². The fourth-order valence-corrected chi connectivity index (χ4v) is 9.30. The number of phosphoric ester groups is 2. The molecule has 0 aromatic carbocycles. The molecule has 0 amide bonds. The second kappa shape index (κ2) is 17.8. The number of imidazole rings is 2. The van der Waals surface area contributed by atoms with Crippen molar-refractivity contribution < 1.29 is 71.6 Å². The summed E-state index contributed by atoms with van der Waals surface area (Å²) < 4.78 is 69.1. The molecule has 3 aliphatic heterocycles. The van der Waals surface area contributed by atoms with Crippen LogP contribution in [0.15, 0.2) is 46.1 Å². The molecule has 8 rings (SSSR count). The smallest absolute Gasteiger partial charge is 0.394 e. The third-order valence-electron chi connectivity index (χ3n) is 10.2. The summed E-state index contributed by atoms with van der Waals surface area (Å²) in [5.41, 5.74) is 10.7. The highest BCUT2D eigenvalue weighted by molar-refractivity contribution is 9.11. The second-order valence-electron chi connectivity index (χ2n) is 14.1. The van der Waals surface area contributed by atoms with Gasteiger partial charge in [0.15, 0.2) is 35.4 Å². The van der Waals surface area contributed by atoms with Crippen LogP contribution in [0.4, 0.5) is 11.6 Å². The van der Waals surface area contributed by atoms with Crippen LogP contribution in [0.5, 0.6) is 0 Å². The molecule has 0 spiro atoms. The first-order chi connectivity index (χ1) is 30.0. The Labute approximate surface area is 359 Å². The molecule has 0 aliphatic carbocycles. The van der Waals surface area contributed by atoms with Crippen LogP contribution in [0.2, 0.25) is 0 Å². The molecule has 32 heteroatoms. The number of nitrogens with one attached hydrogen (secondary N) is 1. The molecule has 63 heavy (non-hydrogen) atoms. The third kappa shape index (κ3) is 8.99. The predicted octanol–water partition coefficient (Wildman–Crippen LogP) is -2.09. The van der Waals surface area contributed by atoms with E-state index in [4.69, 9.17) is 43.8 Å². The predicted molar refractivity (Wildman–Crippen MR) is 212 cm³/mol. The minimum Gasteiger partial charge on any atom is -0.394 e. The van der Waals surface area contributed by atoms with Crippen molar-refractivity contribution in [2.24, 2.45) is 0 Å². The van der Waals surface area contributed by atoms with Gasteiger partial charge in [-0.3, -0.25) is 41.6 Å². The number of phosphoric acid groups is 2. The van der Waals surface area contributed by atoms with Crippen molar-refractivity contribution in [3.8, 4) is 0 Å². The molecule has 0 bridgehead atoms. The van der Waals surface area contributed by atoms with Crippen LogP contribution >= 0.6 is 31.6 Å². The van der Waals surface area contributed by atoms with E-state index in [1.54, 1.807) is 0 Å². The van der Waals surface area contributed by atoms with Gasteiger partial charge in [0.1, 0.15) is 72.6 Å². The van der Waals surface area contributed by atoms with E-state index in [2.05, 4.69) is 50.8 Å². The van der Waals surface area contributed by atoms with Crippen LogP contribution in [-0.2, 0) is 41.4 Å². The summed E-state index contributed by atoms with van der Waals surface area (Å²) >= 11 is 3.05. The van der Waals surface area contributed by atoms with E-state index in [0.29, 0.717) is 0 Å². The zero-order valence-electron chi connectivity index (χ0n) is 31.8. The topological polar surface area (TPSA) is 414 Å². The first-order valence-electron chi connectivity index (χ1n) is 18.4. The van der Waals surface area contributed by atoms with Crippen LogP contribution in [0.1, 0.15) is 30.7 Å². The van der Waals surface area contributed by atoms with E-state index in [-0.39, 0.29) is 45.9 Å². The quantitative estimate of drug-likeness (QED) is 0.0508. The Bertz CT molecular complexity index is 2740. The number of nitrogens with two attached hydrogens (primary N) is 2. The number of hydrogen-bond acceptors (Lipinski definition) is 23. The number of hydrogen-bond donors (Lipinski definition) is 9. The molecule has 29 nitrogen and oxygen atoms in total. The zero-order chi connectivity index (χ0) is 45.0. The normalized spacial score (nSPS) is 30.7. The number of nitrogen functional groups attached to an aromatic ring is 2. The highest BCUT2D eigenvalue weighted by Gasteiger charge is 2.53. The van der Waals surface area contributed by atoms with Gasteiger partial charge in [-0.15, -0.1) is 0 Å². The van der Waals surface area contributed by atoms with Crippen LogP contribution < -0.4 is 22.7 Å². The Morgan fingerprint density at radius 1 is 0.794 bits per heavy atom. The molecule has 2 unspecified atom stereocenters. The van der Waals surface area contributed by atoms with E-state index >= 15 is 0 Å². The Hall–Kier alpha value is -4.46. The Morgan fingerprint density at radius 3 is 1.86 bits per heavy atom. The number of rotatable bonds is 15. The highest BCUT2D eigenvalue weighted by Crippen LogP contribution is 2.52. The van der Waals surface area contributed by atoms with Crippen LogP contribution in [-0.4, -0.2) is 147 Å². The number of aromatic amines is 1. The van der Waals surface area contributed by atoms with Gasteiger partial charge in [-0.05, 0) is 11.1 Å². The first-order valence-corrected chi connectivity index (χ1v) is 22.3. The minimum absolute atomic E-state index is 0.000142. The molecule has 5 aromatic rings. The van der Waals surface area contributed by atoms with Crippen molar-refractivity contribution in [2.45, 2.75) is 73.9 Å². The molecule has 3 fully saturated rings. The number of anilines is 2. The molecule has 8 heterocycles. The van der Waals surface area contributed by atoms with Gasteiger partial charge in [0, 0.05) is 12.6 Å². The number of H-pyrrole nitrogens is 1. The summed E-state index contributed by atoms with van der Waals surface area (Å²) in [4.78, 5) is 74.3. The van der Waals surface area contributed by atoms with Crippen LogP contribution in [0.25, 0.3) is 28.4 Å². The molecule has 0 saturated carbocycles. The summed E-state index contributed by atoms with van der Waals surface area (Å²) in [7, 11) is -10.5. The maximum Gasteiger partial charge on any atom is 0.472 e. The molecule has 11 N–H and O–H groups in total. The van der Waals surface area contributed by atoms with E-state index in [0.717, 1.165) is 23.5 Å². The van der Waals surface area contributed by atoms with Crippen molar-refractivity contribution in [1.29, 1.82) is 0 Å². The third-order valence-corrected chi connectivity index (χ3v) is 12.4. The zero-order valence-corrected chi connectivity index (χ0v) is 35.2. The van der Waals surface area contributed by atoms with Gasteiger partial charge in [0.2, 0.25) is 0 Å². The number of ether oxygens (including phenoxy) is 3. The summed E-state index contributed by atoms with van der Waals surface area (Å²) in [5.74, 6) is -0.0585. The monoisotopic (exact) mass is 990 g/mol. The van der Waals surface area contributed by atoms with Gasteiger partial charge in [0.25, 0.3) is 5.56 Å². The van der Waals surface area contributed by atoms with Crippen molar-refractivity contribution >= 4 is 71.6 Å². The highest BCUT2D eigenvalue weighted by atomic mass is 79.9. The van der Waals surface area contributed by atoms with Crippen molar-refractivity contribution in [2.75, 3.05) is 31.3 Å². The van der Waals surface area contributed by atoms with Crippen LogP contribution in [0, 0.1) is 0 Å². The molecule has 13 atom stereocenters. The molecule has 3 saturated heterocycles. The van der Waals surface area contributed by atoms with E-state index < -0.39 is 114 Å². The molecular weight excluding hydrogens is 954 g/mol. The Balaban J connectivity index is 0.980. The van der Waals surface area contributed by atoms with E-state index in [1.165, 1.54) is 32.7 Å². The van der Waals surface area contributed by atoms with Crippen molar-refractivity contribution in [3.63, 3.8) is 0 Å². The largest absolute Gasteiger partial charge is 0.472 e. The van der Waals surface area contributed by atoms with Crippen molar-refractivity contribution in [3.05, 3.63) is 62.9 Å². The van der Waals surface area contributed by atoms with Gasteiger partial charge < -0.3 is 55.9 Å². The number of aliphatic hydroxyl groups is 4. The number of aromatic nitrogens is 10. The SMILES string of the molecule is Nc1ncnc2c1ncn2[C@@H]1O[C@H](CO)[C@@H](O)[C@H]1OP(=O)(O)OC[C@H]1O[C@@H](n2cnc3c(N)ncnc32)[C@H](OP(=O)(O)OC[C@H]2O[C@@H](n3cc(/C=C/Br)c(=O)[nH]c3=O)C[C@@H]2O)[C@@H]1O. The number of nitrogens with zero attached hydrogens (tertiary/aromatic N) is 9. The van der Waals surface area contributed by atoms with E-state index in [9.17, 15) is 48.9 Å². The number of fused-ring (bicyclic) bond motifs is 2. The summed E-state index contributed by atoms with van der Waals surface area (Å²) in [6, 6.07) is 0. The number of aliphatic hydroxyl groups excluding tert-OH is 4. The second-order valence-corrected chi connectivity index (χ2v) is 17.4. The average Bonchev–Trinajstić information content (AvgIpc) is 4.06. The Kier molecular flexibility index (Phi) is 12.8. The lowest BCUT2D eigenvalue weighted by Crippen LogP contribution is -2.36. The van der Waals surface area contributed by atoms with Gasteiger partial charge in [-0.2, -0.15) is 0 Å². The van der Waals surface area contributed by atoms with Gasteiger partial charge in [0.05, 0.1) is 44.1 Å². The minimum atomic E-state index is -5.27. The number of halogens is 1. The molecule has 340 valence electrons. The maximum atomic E-state index is 13.5. The first kappa shape index (κ1) is 45.1. The molecular formula is C31H37BrN12O17P2. The lowest BCUT2D eigenvalue weighted by Gasteiger charge is -2.25. The van der Waals surface area contributed by atoms with Gasteiger partial charge in [-0.25, -0.2) is 43.8 Å². The average molecular weight is 992 g/mol. The summed E-state index contributed by atoms with van der Waals surface area (Å²) in [6.07, 6.45) is -9.99. The lowest BCUT2D eigenvalue weighted by molar-refractivity contribution is -0.0640. The van der Waals surface area contributed by atoms with Crippen molar-refractivity contribution in [1.82, 2.24) is 48.6 Å². The fourth-order valence-electron chi connectivity index (χ4n) is 7.15. The van der Waals surface area contributed by atoms with Gasteiger partial charge >= 0.3 is 21.3 Å². The Morgan fingerprint density at radius 2 is 1.32 bits per heavy atom. The van der Waals surface area contributed by atoms with Gasteiger partial charge in [-0.1, -0.05) is 15.9 Å². The molecule has 3 aliphatic rings. The summed E-state index contributed by atoms with van der Waals surface area (Å²) in [6.45, 7) is -2.47. The van der Waals surface area contributed by atoms with Crippen LogP contribution in [0.3, 0.4) is 0 Å². The summed E-state index contributed by atoms with van der Waals surface area (Å²) in [5, 5.41) is 43.0. The molecule has 0 radical (unpaired) electrons. The maximum absolute atomic E-state index is 13.5. The molecule has 5 aromatic heterocycles. The fraction of sp³-hybridized carbons (Fsp3) is 0.484. The standard InChI is InChI=1S/C31H37BrN12O17P2/c32-2-1-12-4-42(31(50)41-28(12)49)17-3-13(46)15(57-17)6-55-62(51,52)61-23-21(48)16(59-30(23)44-11-40-19-25(34)36-9-38-27(19)44)7-56-63(53,54)60-22-20(47)14(5-45)58-29(22)43-10-39-18-24(33)35-8-37-26(18)43/h1-2,4,8-11,13-17,20-23,29-30,45-48H,3,5-7H2,(H,51,52)(H,53,54)(H2,33,35,37)(H2,34,36,38)(H,41,49,50)/b2-1+/t13-,14+,15+,16+,17+,20+,21+,22+,23+,29+,30+/m0/s1.